The molecule has 6 amide bonds. The molecule has 0 fully saturated rings. The van der Waals surface area contributed by atoms with Crippen LogP contribution in [0.2, 0.25) is 0 Å². The highest BCUT2D eigenvalue weighted by Crippen LogP contribution is 2.57. The van der Waals surface area contributed by atoms with E-state index in [9.17, 15) is 68.7 Å². The Kier molecular flexibility index (Phi) is 19.3. The normalized spacial score (nSPS) is 14.4. The molecule has 0 saturated heterocycles. The number of amides is 6. The molecule has 2 heterocycles. The number of aliphatic hydroxyl groups excluding tert-OH is 2. The van der Waals surface area contributed by atoms with Crippen LogP contribution in [-0.2, 0) is 48.7 Å². The first kappa shape index (κ1) is 56.4. The molecular weight excluding hydrogens is 1020 g/mol. The molecule has 0 bridgehead atoms. The number of nitrogens with one attached hydrogen (secondary N) is 10. The van der Waals surface area contributed by atoms with Gasteiger partial charge in [0.1, 0.15) is 53.2 Å². The molecular formula is C44H51N11O17S2. The molecule has 0 aliphatic carbocycles. The van der Waals surface area contributed by atoms with Crippen molar-refractivity contribution in [2.75, 3.05) is 43.9 Å². The number of fused-ring (bicyclic) bond motifs is 6. The highest BCUT2D eigenvalue weighted by Gasteiger charge is 2.54. The van der Waals surface area contributed by atoms with Crippen LogP contribution in [-0.4, -0.2) is 164 Å². The number of anilines is 1. The molecule has 74 heavy (non-hydrogen) atoms. The third kappa shape index (κ3) is 14.1. The number of thiol groups is 1. The van der Waals surface area contributed by atoms with Gasteiger partial charge in [-0.05, 0) is 61.5 Å². The molecule has 2 aliphatic heterocycles. The van der Waals surface area contributed by atoms with Crippen LogP contribution < -0.4 is 58.3 Å². The van der Waals surface area contributed by atoms with Crippen molar-refractivity contribution in [1.29, 1.82) is 5.41 Å². The average molecular weight is 1070 g/mol. The molecule has 2 aliphatic rings. The quantitative estimate of drug-likeness (QED) is 0.0102. The van der Waals surface area contributed by atoms with E-state index in [1.54, 1.807) is 24.3 Å². The number of thiocarbonyl (C=S) groups is 1. The molecule has 18 N–H and O–H groups in total. The Morgan fingerprint density at radius 3 is 1.80 bits per heavy atom. The van der Waals surface area contributed by atoms with Crippen molar-refractivity contribution < 1.29 is 83.3 Å². The van der Waals surface area contributed by atoms with Gasteiger partial charge in [0, 0.05) is 46.8 Å². The van der Waals surface area contributed by atoms with Crippen LogP contribution in [0.1, 0.15) is 46.3 Å². The highest BCUT2D eigenvalue weighted by molar-refractivity contribution is 7.80. The molecule has 28 nitrogen and oxygen atoms in total. The molecule has 0 radical (unpaired) electrons. The number of carbonyl (C=O) groups excluding carboxylic acids is 7. The zero-order valence-corrected chi connectivity index (χ0v) is 40.3. The fourth-order valence-electron chi connectivity index (χ4n) is 7.47. The van der Waals surface area contributed by atoms with Gasteiger partial charge in [0.2, 0.25) is 35.4 Å². The maximum absolute atomic E-state index is 13.5. The van der Waals surface area contributed by atoms with Gasteiger partial charge in [-0.1, -0.05) is 6.07 Å². The van der Waals surface area contributed by atoms with Crippen molar-refractivity contribution in [2.45, 2.75) is 55.1 Å². The number of phenols is 2. The SMILES string of the molecule is N=C(N)NCCC[C@H](NC(=O)CNC(=S)Nc1ccc2c(c1)C(=O)OC21c2ccc(O)cc2Oc2cc(O)ccc21)C(=O)NCC(=O)N[C@@H](CC(=O)O)C(=O)N[C@@H](CO)C(=O)N[C@@H](CS)C(=O)N[C@@H](CO)C(=O)O. The van der Waals surface area contributed by atoms with E-state index >= 15 is 0 Å². The van der Waals surface area contributed by atoms with Crippen molar-refractivity contribution in [2.24, 2.45) is 5.73 Å². The van der Waals surface area contributed by atoms with E-state index in [1.165, 1.54) is 30.3 Å². The summed E-state index contributed by atoms with van der Waals surface area (Å²) in [4.78, 5) is 114. The van der Waals surface area contributed by atoms with E-state index in [-0.39, 0.29) is 59.0 Å². The lowest BCUT2D eigenvalue weighted by Gasteiger charge is -2.36. The Labute approximate surface area is 429 Å². The van der Waals surface area contributed by atoms with Gasteiger partial charge in [0.05, 0.1) is 38.3 Å². The van der Waals surface area contributed by atoms with Gasteiger partial charge in [-0.2, -0.15) is 12.6 Å². The minimum atomic E-state index is -1.91. The number of guanidine groups is 1. The predicted molar refractivity (Wildman–Crippen MR) is 262 cm³/mol. The Balaban J connectivity index is 1.18. The Morgan fingerprint density at radius 1 is 0.689 bits per heavy atom. The van der Waals surface area contributed by atoms with Gasteiger partial charge in [-0.25, -0.2) is 9.59 Å². The molecule has 5 rings (SSSR count). The largest absolute Gasteiger partial charge is 0.508 e. The number of benzene rings is 3. The summed E-state index contributed by atoms with van der Waals surface area (Å²) < 4.78 is 12.1. The number of rotatable bonds is 24. The number of ether oxygens (including phenoxy) is 2. The third-order valence-electron chi connectivity index (χ3n) is 11.0. The molecule has 5 atom stereocenters. The molecule has 0 aromatic heterocycles. The number of aliphatic hydroxyl groups is 2. The van der Waals surface area contributed by atoms with E-state index in [2.05, 4.69) is 49.8 Å². The Hall–Kier alpha value is -8.48. The number of carboxylic acid groups (broad SMARTS) is 2. The summed E-state index contributed by atoms with van der Waals surface area (Å²) in [5.74, 6) is -11.0. The van der Waals surface area contributed by atoms with Crippen molar-refractivity contribution in [3.8, 4) is 23.0 Å². The molecule has 3 aromatic carbocycles. The number of nitrogens with two attached hydrogens (primary N) is 1. The van der Waals surface area contributed by atoms with Gasteiger partial charge in [0.15, 0.2) is 16.7 Å². The summed E-state index contributed by atoms with van der Waals surface area (Å²) in [5, 5.41) is 86.3. The molecule has 30 heteroatoms. The molecule has 1 spiro atoms. The maximum atomic E-state index is 13.5. The van der Waals surface area contributed by atoms with Gasteiger partial charge in [-0.3, -0.25) is 39.0 Å². The smallest absolute Gasteiger partial charge is 0.340 e. The highest BCUT2D eigenvalue weighted by atomic mass is 32.1. The number of phenolic OH excluding ortho intramolecular Hbond substituents is 2. The Bertz CT molecular complexity index is 2680. The van der Waals surface area contributed by atoms with Crippen molar-refractivity contribution >= 4 is 95.0 Å². The van der Waals surface area contributed by atoms with Gasteiger partial charge in [-0.15, -0.1) is 0 Å². The van der Waals surface area contributed by atoms with E-state index in [1.807, 2.05) is 10.6 Å². The number of carbonyl (C=O) groups is 9. The minimum Gasteiger partial charge on any atom is -0.508 e. The van der Waals surface area contributed by atoms with Gasteiger partial charge < -0.3 is 93.7 Å². The lowest BCUT2D eigenvalue weighted by atomic mass is 9.77. The molecule has 0 saturated carbocycles. The van der Waals surface area contributed by atoms with Crippen LogP contribution in [0.15, 0.2) is 54.6 Å². The second-order valence-corrected chi connectivity index (χ2v) is 17.0. The van der Waals surface area contributed by atoms with Crippen LogP contribution in [0, 0.1) is 5.41 Å². The fraction of sp³-hybridized carbons (Fsp3) is 0.341. The van der Waals surface area contributed by atoms with Crippen LogP contribution in [0.5, 0.6) is 23.0 Å². The van der Waals surface area contributed by atoms with Crippen molar-refractivity contribution in [3.05, 3.63) is 76.9 Å². The zero-order chi connectivity index (χ0) is 54.4. The van der Waals surface area contributed by atoms with Crippen LogP contribution in [0.4, 0.5) is 5.69 Å². The van der Waals surface area contributed by atoms with Crippen LogP contribution >= 0.6 is 24.8 Å². The topological polar surface area (TPSA) is 452 Å². The number of carboxylic acids is 2. The summed E-state index contributed by atoms with van der Waals surface area (Å²) in [5.41, 5.74) is 5.49. The first-order valence-electron chi connectivity index (χ1n) is 22.0. The van der Waals surface area contributed by atoms with E-state index in [0.29, 0.717) is 22.4 Å². The predicted octanol–water partition coefficient (Wildman–Crippen LogP) is -3.77. The van der Waals surface area contributed by atoms with Crippen LogP contribution in [0.3, 0.4) is 0 Å². The first-order chi connectivity index (χ1) is 35.1. The molecule has 396 valence electrons. The summed E-state index contributed by atoms with van der Waals surface area (Å²) in [7, 11) is 0. The van der Waals surface area contributed by atoms with Crippen molar-refractivity contribution in [3.63, 3.8) is 0 Å². The summed E-state index contributed by atoms with van der Waals surface area (Å²) >= 11 is 9.32. The van der Waals surface area contributed by atoms with Crippen molar-refractivity contribution in [1.82, 2.24) is 42.5 Å². The first-order valence-corrected chi connectivity index (χ1v) is 23.0. The molecule has 3 aromatic rings. The van der Waals surface area contributed by atoms with E-state index in [4.69, 9.17) is 37.9 Å². The summed E-state index contributed by atoms with van der Waals surface area (Å²) in [6, 6.07) is 4.94. The summed E-state index contributed by atoms with van der Waals surface area (Å²) in [6.07, 6.45) is -0.986. The standard InChI is InChI=1S/C44H51N11O17S2/c45-42(46)47-9-1-2-26(36(64)48-14-33(60)52-27(13-35(62)63)37(65)53-28(16-56)38(66)55-30(18-73)39(67)54-29(17-57)40(68)69)51-34(61)15-49-43(74)50-19-3-6-23-22(10-19)41(70)72-44(23)24-7-4-20(58)11-31(24)71-32-12-21(59)5-8-25(32)44/h3-8,10-12,26-30,56-59,73H,1-2,9,13-18H2,(H,48,64)(H,51,61)(H,52,60)(H,53,65)(H,54,67)(H,55,66)(H,62,63)(H,68,69)(H4,45,46,47)(H2,49,50,74)/t26-,27-,28-,29-,30-/m0/s1. The second-order valence-electron chi connectivity index (χ2n) is 16.2. The lowest BCUT2D eigenvalue weighted by Crippen LogP contribution is -2.60. The summed E-state index contributed by atoms with van der Waals surface area (Å²) in [6.45, 7) is -3.40. The third-order valence-corrected chi connectivity index (χ3v) is 11.6. The second kappa shape index (κ2) is 25.3. The number of esters is 1. The monoisotopic (exact) mass is 1070 g/mol. The Morgan fingerprint density at radius 2 is 1.23 bits per heavy atom. The fourth-order valence-corrected chi connectivity index (χ4v) is 7.92. The lowest BCUT2D eigenvalue weighted by molar-refractivity contribution is -0.143. The number of hydrogen-bond donors (Lipinski definition) is 18. The number of aliphatic carboxylic acids is 2. The minimum absolute atomic E-state index is 0.0791. The van der Waals surface area contributed by atoms with Crippen LogP contribution in [0.25, 0.3) is 0 Å². The maximum Gasteiger partial charge on any atom is 0.340 e. The number of aromatic hydroxyl groups is 2. The van der Waals surface area contributed by atoms with Gasteiger partial charge in [0.25, 0.3) is 0 Å². The average Bonchev–Trinajstić information content (AvgIpc) is 3.63. The number of hydrogen-bond acceptors (Lipinski definition) is 18. The van der Waals surface area contributed by atoms with E-state index in [0.717, 1.165) is 0 Å². The van der Waals surface area contributed by atoms with E-state index < -0.39 is 128 Å². The van der Waals surface area contributed by atoms with Gasteiger partial charge >= 0.3 is 17.9 Å². The zero-order valence-electron chi connectivity index (χ0n) is 38.6. The molecule has 0 unspecified atom stereocenters.